The number of hydrogen-bond donors (Lipinski definition) is 2. The van der Waals surface area contributed by atoms with Gasteiger partial charge < -0.3 is 5.32 Å². The van der Waals surface area contributed by atoms with Crippen LogP contribution in [0.4, 0.5) is 0 Å². The molecule has 0 amide bonds. The lowest BCUT2D eigenvalue weighted by molar-refractivity contribution is 0.531. The minimum Gasteiger partial charge on any atom is -0.316 e. The van der Waals surface area contributed by atoms with Gasteiger partial charge in [-0.25, -0.2) is 0 Å². The zero-order valence-electron chi connectivity index (χ0n) is 10.2. The van der Waals surface area contributed by atoms with Gasteiger partial charge in [0.1, 0.15) is 5.03 Å². The van der Waals surface area contributed by atoms with Crippen molar-refractivity contribution in [3.63, 3.8) is 0 Å². The van der Waals surface area contributed by atoms with Gasteiger partial charge in [-0.15, -0.1) is 0 Å². The molecule has 1 unspecified atom stereocenters. The van der Waals surface area contributed by atoms with Crippen molar-refractivity contribution in [2.75, 3.05) is 13.1 Å². The molecule has 17 heavy (non-hydrogen) atoms. The summed E-state index contributed by atoms with van der Waals surface area (Å²) in [6.45, 7) is 8.11. The highest BCUT2D eigenvalue weighted by molar-refractivity contribution is 8.00. The molecule has 0 spiro atoms. The highest BCUT2D eigenvalue weighted by atomic mass is 32.2. The van der Waals surface area contributed by atoms with Crippen LogP contribution in [0.25, 0.3) is 12.2 Å². The molecule has 2 heterocycles. The molecule has 0 radical (unpaired) electrons. The minimum absolute atomic E-state index is 0.629. The average Bonchev–Trinajstić information content (AvgIpc) is 2.73. The molecule has 1 aromatic rings. The second-order valence-electron chi connectivity index (χ2n) is 4.15. The largest absolute Gasteiger partial charge is 0.316 e. The molecule has 3 nitrogen and oxygen atoms in total. The van der Waals surface area contributed by atoms with Gasteiger partial charge in [0, 0.05) is 17.4 Å². The Kier molecular flexibility index (Phi) is 4.45. The highest BCUT2D eigenvalue weighted by Crippen LogP contribution is 2.30. The Balaban J connectivity index is 2.11. The van der Waals surface area contributed by atoms with Crippen molar-refractivity contribution in [3.05, 3.63) is 23.9 Å². The minimum atomic E-state index is 0.629. The molecule has 0 aliphatic carbocycles. The maximum atomic E-state index is 4.39. The van der Waals surface area contributed by atoms with Crippen molar-refractivity contribution < 1.29 is 0 Å². The molecule has 1 atom stereocenters. The smallest absolute Gasteiger partial charge is 0.126 e. The highest BCUT2D eigenvalue weighted by Gasteiger charge is 2.18. The fraction of sp³-hybridized carbons (Fsp3) is 0.462. The van der Waals surface area contributed by atoms with Gasteiger partial charge in [-0.1, -0.05) is 30.5 Å². The second-order valence-corrected chi connectivity index (χ2v) is 5.44. The first-order chi connectivity index (χ1) is 8.35. The number of hydrogen-bond acceptors (Lipinski definition) is 3. The van der Waals surface area contributed by atoms with Crippen molar-refractivity contribution >= 4 is 23.9 Å². The average molecular weight is 249 g/mol. The van der Waals surface area contributed by atoms with Gasteiger partial charge in [0.25, 0.3) is 0 Å². The van der Waals surface area contributed by atoms with Crippen LogP contribution in [-0.2, 0) is 0 Å². The van der Waals surface area contributed by atoms with Gasteiger partial charge in [0.05, 0.1) is 5.69 Å². The maximum absolute atomic E-state index is 4.39. The zero-order chi connectivity index (χ0) is 12.1. The molecule has 0 saturated carbocycles. The van der Waals surface area contributed by atoms with Crippen molar-refractivity contribution in [2.45, 2.75) is 30.0 Å². The third kappa shape index (κ3) is 3.01. The third-order valence-electron chi connectivity index (χ3n) is 2.87. The monoisotopic (exact) mass is 249 g/mol. The van der Waals surface area contributed by atoms with Gasteiger partial charge in [-0.2, -0.15) is 5.10 Å². The predicted octanol–water partition coefficient (Wildman–Crippen LogP) is 2.93. The first kappa shape index (κ1) is 12.5. The van der Waals surface area contributed by atoms with Gasteiger partial charge in [0.2, 0.25) is 0 Å². The Morgan fingerprint density at radius 3 is 3.06 bits per heavy atom. The van der Waals surface area contributed by atoms with Crippen LogP contribution in [-0.4, -0.2) is 28.5 Å². The maximum Gasteiger partial charge on any atom is 0.126 e. The van der Waals surface area contributed by atoms with E-state index < -0.39 is 0 Å². The van der Waals surface area contributed by atoms with Crippen LogP contribution >= 0.6 is 11.8 Å². The van der Waals surface area contributed by atoms with Gasteiger partial charge in [-0.05, 0) is 32.4 Å². The number of thioether (sulfide) groups is 1. The summed E-state index contributed by atoms with van der Waals surface area (Å²) < 4.78 is 0. The van der Waals surface area contributed by atoms with Crippen LogP contribution < -0.4 is 5.32 Å². The molecule has 1 fully saturated rings. The van der Waals surface area contributed by atoms with Gasteiger partial charge >= 0.3 is 0 Å². The quantitative estimate of drug-likeness (QED) is 0.862. The van der Waals surface area contributed by atoms with E-state index in [1.165, 1.54) is 12.8 Å². The predicted molar refractivity (Wildman–Crippen MR) is 75.1 cm³/mol. The fourth-order valence-corrected chi connectivity index (χ4v) is 3.23. The van der Waals surface area contributed by atoms with E-state index in [-0.39, 0.29) is 0 Å². The number of rotatable bonds is 4. The second kappa shape index (κ2) is 6.07. The molecule has 92 valence electrons. The first-order valence-electron chi connectivity index (χ1n) is 6.06. The van der Waals surface area contributed by atoms with E-state index in [2.05, 4.69) is 22.1 Å². The van der Waals surface area contributed by atoms with E-state index in [4.69, 9.17) is 0 Å². The number of H-pyrrole nitrogens is 1. The molecule has 2 N–H and O–H groups in total. The SMILES string of the molecule is C=Cc1c(SC2CCCNC2)n[nH]c1/C=C\C. The molecule has 0 bridgehead atoms. The Morgan fingerprint density at radius 2 is 2.41 bits per heavy atom. The van der Waals surface area contributed by atoms with Crippen LogP contribution in [0, 0.1) is 0 Å². The summed E-state index contributed by atoms with van der Waals surface area (Å²) in [5.41, 5.74) is 2.17. The summed E-state index contributed by atoms with van der Waals surface area (Å²) in [5.74, 6) is 0. The topological polar surface area (TPSA) is 40.7 Å². The summed E-state index contributed by atoms with van der Waals surface area (Å²) in [7, 11) is 0. The molecular formula is C13H19N3S. The van der Waals surface area contributed by atoms with Crippen LogP contribution in [0.5, 0.6) is 0 Å². The number of nitrogens with one attached hydrogen (secondary N) is 2. The summed E-state index contributed by atoms with van der Waals surface area (Å²) in [5, 5.41) is 12.6. The number of piperidine rings is 1. The summed E-state index contributed by atoms with van der Waals surface area (Å²) in [4.78, 5) is 0. The van der Waals surface area contributed by atoms with Crippen molar-refractivity contribution in [2.24, 2.45) is 0 Å². The normalized spacial score (nSPS) is 20.9. The molecule has 4 heteroatoms. The fourth-order valence-electron chi connectivity index (χ4n) is 2.01. The number of allylic oxidation sites excluding steroid dienone is 1. The molecule has 2 rings (SSSR count). The molecular weight excluding hydrogens is 230 g/mol. The van der Waals surface area contributed by atoms with E-state index in [0.29, 0.717) is 5.25 Å². The standard InChI is InChI=1S/C13H19N3S/c1-3-6-12-11(4-2)13(16-15-12)17-10-7-5-8-14-9-10/h3-4,6,10,14H,2,5,7-9H2,1H3,(H,15,16)/b6-3-. The van der Waals surface area contributed by atoms with Crippen LogP contribution in [0.3, 0.4) is 0 Å². The van der Waals surface area contributed by atoms with Crippen LogP contribution in [0.15, 0.2) is 17.7 Å². The Hall–Kier alpha value is -1.00. The van der Waals surface area contributed by atoms with E-state index in [9.17, 15) is 0 Å². The summed E-state index contributed by atoms with van der Waals surface area (Å²) >= 11 is 1.85. The Morgan fingerprint density at radius 1 is 1.53 bits per heavy atom. The first-order valence-corrected chi connectivity index (χ1v) is 6.94. The lowest BCUT2D eigenvalue weighted by Crippen LogP contribution is -2.31. The van der Waals surface area contributed by atoms with Crippen LogP contribution in [0.2, 0.25) is 0 Å². The summed E-state index contributed by atoms with van der Waals surface area (Å²) in [6, 6.07) is 0. The van der Waals surface area contributed by atoms with Gasteiger partial charge in [-0.3, -0.25) is 5.10 Å². The van der Waals surface area contributed by atoms with Crippen molar-refractivity contribution in [1.82, 2.24) is 15.5 Å². The van der Waals surface area contributed by atoms with E-state index >= 15 is 0 Å². The van der Waals surface area contributed by atoms with Gasteiger partial charge in [0.15, 0.2) is 0 Å². The van der Waals surface area contributed by atoms with E-state index in [1.807, 2.05) is 36.9 Å². The molecule has 1 aliphatic rings. The van der Waals surface area contributed by atoms with Crippen molar-refractivity contribution in [1.29, 1.82) is 0 Å². The third-order valence-corrected chi connectivity index (χ3v) is 4.14. The van der Waals surface area contributed by atoms with Crippen molar-refractivity contribution in [3.8, 4) is 0 Å². The lowest BCUT2D eigenvalue weighted by Gasteiger charge is -2.21. The van der Waals surface area contributed by atoms with E-state index in [0.717, 1.165) is 29.4 Å². The zero-order valence-corrected chi connectivity index (χ0v) is 11.0. The van der Waals surface area contributed by atoms with Crippen LogP contribution in [0.1, 0.15) is 31.0 Å². The molecule has 1 saturated heterocycles. The number of aromatic nitrogens is 2. The lowest BCUT2D eigenvalue weighted by atomic mass is 10.2. The summed E-state index contributed by atoms with van der Waals surface area (Å²) in [6.07, 6.45) is 8.45. The Bertz CT molecular complexity index is 403. The Labute approximate surface area is 107 Å². The van der Waals surface area contributed by atoms with E-state index in [1.54, 1.807) is 0 Å². The number of aromatic amines is 1. The number of nitrogens with zero attached hydrogens (tertiary/aromatic N) is 1. The molecule has 0 aromatic carbocycles. The molecule has 1 aliphatic heterocycles. The molecule has 1 aromatic heterocycles.